The van der Waals surface area contributed by atoms with Crippen LogP contribution in [0.5, 0.6) is 0 Å². The highest BCUT2D eigenvalue weighted by Gasteiger charge is 2.25. The Morgan fingerprint density at radius 3 is 2.54 bits per heavy atom. The van der Waals surface area contributed by atoms with Crippen LogP contribution in [0, 0.1) is 0 Å². The normalized spacial score (nSPS) is 18.0. The Labute approximate surface area is 175 Å². The smallest absolute Gasteiger partial charge is 0.222 e. The highest BCUT2D eigenvalue weighted by atomic mass is 127. The van der Waals surface area contributed by atoms with Gasteiger partial charge in [0.1, 0.15) is 0 Å². The van der Waals surface area contributed by atoms with Crippen molar-refractivity contribution in [3.05, 3.63) is 0 Å². The van der Waals surface area contributed by atoms with E-state index in [1.165, 1.54) is 10.6 Å². The molecule has 1 rings (SSSR count). The van der Waals surface area contributed by atoms with Gasteiger partial charge in [-0.1, -0.05) is 13.8 Å². The molecule has 0 aromatic rings. The molecule has 1 unspecified atom stereocenters. The number of aliphatic imine (C=N–C) groups is 1. The van der Waals surface area contributed by atoms with Gasteiger partial charge in [0, 0.05) is 51.7 Å². The minimum absolute atomic E-state index is 0. The number of guanidine groups is 1. The van der Waals surface area contributed by atoms with Crippen molar-refractivity contribution in [3.8, 4) is 0 Å². The first-order chi connectivity index (χ1) is 11.8. The molecule has 0 saturated carbocycles. The SMILES string of the molecule is CCNC(=NCCCN(CC)S(C)(=O)=O)NC1CCN(C(=O)CC)C1.I. The minimum atomic E-state index is -3.15. The van der Waals surface area contributed by atoms with Crippen molar-refractivity contribution in [1.29, 1.82) is 0 Å². The summed E-state index contributed by atoms with van der Waals surface area (Å²) in [6, 6.07) is 0.205. The Morgan fingerprint density at radius 2 is 2.00 bits per heavy atom. The summed E-state index contributed by atoms with van der Waals surface area (Å²) < 4.78 is 24.6. The fourth-order valence-electron chi connectivity index (χ4n) is 2.84. The molecule has 10 heteroatoms. The average Bonchev–Trinajstić information content (AvgIpc) is 3.01. The molecule has 0 bridgehead atoms. The molecule has 2 N–H and O–H groups in total. The third-order valence-electron chi connectivity index (χ3n) is 4.19. The van der Waals surface area contributed by atoms with E-state index in [2.05, 4.69) is 15.6 Å². The summed E-state index contributed by atoms with van der Waals surface area (Å²) in [5.41, 5.74) is 0. The molecule has 1 atom stereocenters. The first-order valence-corrected chi connectivity index (χ1v) is 10.9. The molecule has 1 amide bonds. The lowest BCUT2D eigenvalue weighted by atomic mass is 10.3. The number of halogens is 1. The van der Waals surface area contributed by atoms with Crippen LogP contribution in [0.3, 0.4) is 0 Å². The molecule has 0 aromatic heterocycles. The topological polar surface area (TPSA) is 94.1 Å². The van der Waals surface area contributed by atoms with E-state index in [0.717, 1.165) is 25.5 Å². The fraction of sp³-hybridized carbons (Fsp3) is 0.875. The summed E-state index contributed by atoms with van der Waals surface area (Å²) >= 11 is 0. The summed E-state index contributed by atoms with van der Waals surface area (Å²) in [7, 11) is -3.15. The van der Waals surface area contributed by atoms with Gasteiger partial charge in [0.25, 0.3) is 0 Å². The van der Waals surface area contributed by atoms with E-state index in [1.807, 2.05) is 25.7 Å². The number of likely N-dealkylation sites (tertiary alicyclic amines) is 1. The van der Waals surface area contributed by atoms with Gasteiger partial charge in [-0.3, -0.25) is 9.79 Å². The number of rotatable bonds is 9. The molecule has 0 spiro atoms. The lowest BCUT2D eigenvalue weighted by Crippen LogP contribution is -2.45. The van der Waals surface area contributed by atoms with E-state index < -0.39 is 10.0 Å². The second-order valence-corrected chi connectivity index (χ2v) is 8.17. The summed E-state index contributed by atoms with van der Waals surface area (Å²) in [5, 5.41) is 6.57. The quantitative estimate of drug-likeness (QED) is 0.211. The number of carbonyl (C=O) groups excluding carboxylic acids is 1. The molecular weight excluding hydrogens is 469 g/mol. The molecule has 0 aliphatic carbocycles. The number of hydrogen-bond acceptors (Lipinski definition) is 4. The zero-order valence-electron chi connectivity index (χ0n) is 16.3. The molecule has 1 fully saturated rings. The Hall–Kier alpha value is -0.620. The highest BCUT2D eigenvalue weighted by Crippen LogP contribution is 2.10. The summed E-state index contributed by atoms with van der Waals surface area (Å²) in [4.78, 5) is 18.2. The maximum atomic E-state index is 11.8. The van der Waals surface area contributed by atoms with E-state index in [4.69, 9.17) is 0 Å². The first-order valence-electron chi connectivity index (χ1n) is 9.09. The van der Waals surface area contributed by atoms with Gasteiger partial charge in [-0.25, -0.2) is 12.7 Å². The van der Waals surface area contributed by atoms with E-state index in [-0.39, 0.29) is 35.9 Å². The highest BCUT2D eigenvalue weighted by molar-refractivity contribution is 14.0. The van der Waals surface area contributed by atoms with Crippen LogP contribution >= 0.6 is 24.0 Å². The maximum absolute atomic E-state index is 11.8. The second kappa shape index (κ2) is 12.7. The molecule has 1 saturated heterocycles. The van der Waals surface area contributed by atoms with Crippen molar-refractivity contribution in [2.45, 2.75) is 46.1 Å². The molecule has 1 heterocycles. The lowest BCUT2D eigenvalue weighted by molar-refractivity contribution is -0.129. The number of nitrogens with one attached hydrogen (secondary N) is 2. The molecular formula is C16H34IN5O3S. The summed E-state index contributed by atoms with van der Waals surface area (Å²) in [5.74, 6) is 0.910. The Kier molecular flexibility index (Phi) is 12.4. The number of amides is 1. The standard InChI is InChI=1S/C16H33N5O3S.HI/c1-5-15(22)20-12-9-14(13-20)19-16(17-6-2)18-10-8-11-21(7-3)25(4,23)24;/h14H,5-13H2,1-4H3,(H2,17,18,19);1H. The molecule has 1 aliphatic rings. The number of nitrogens with zero attached hydrogens (tertiary/aromatic N) is 3. The monoisotopic (exact) mass is 503 g/mol. The van der Waals surface area contributed by atoms with E-state index >= 15 is 0 Å². The van der Waals surface area contributed by atoms with Crippen LogP contribution in [0.4, 0.5) is 0 Å². The largest absolute Gasteiger partial charge is 0.357 e. The third kappa shape index (κ3) is 8.85. The van der Waals surface area contributed by atoms with Gasteiger partial charge in [0.15, 0.2) is 5.96 Å². The van der Waals surface area contributed by atoms with Gasteiger partial charge in [-0.05, 0) is 19.8 Å². The van der Waals surface area contributed by atoms with Crippen LogP contribution in [0.25, 0.3) is 0 Å². The van der Waals surface area contributed by atoms with Crippen LogP contribution in [0.15, 0.2) is 4.99 Å². The zero-order valence-corrected chi connectivity index (χ0v) is 19.5. The Morgan fingerprint density at radius 1 is 1.31 bits per heavy atom. The van der Waals surface area contributed by atoms with Crippen molar-refractivity contribution in [1.82, 2.24) is 19.8 Å². The zero-order chi connectivity index (χ0) is 18.9. The van der Waals surface area contributed by atoms with Crippen molar-refractivity contribution in [2.24, 2.45) is 4.99 Å². The van der Waals surface area contributed by atoms with Gasteiger partial charge in [0.05, 0.1) is 6.26 Å². The molecule has 0 aromatic carbocycles. The molecule has 1 aliphatic heterocycles. The van der Waals surface area contributed by atoms with Crippen LogP contribution in [0.1, 0.15) is 40.0 Å². The average molecular weight is 503 g/mol. The Bertz CT molecular complexity index is 556. The third-order valence-corrected chi connectivity index (χ3v) is 5.56. The number of sulfonamides is 1. The fourth-order valence-corrected chi connectivity index (χ4v) is 3.77. The minimum Gasteiger partial charge on any atom is -0.357 e. The van der Waals surface area contributed by atoms with Crippen molar-refractivity contribution in [2.75, 3.05) is 45.5 Å². The molecule has 154 valence electrons. The van der Waals surface area contributed by atoms with Gasteiger partial charge >= 0.3 is 0 Å². The predicted molar refractivity (Wildman–Crippen MR) is 117 cm³/mol. The second-order valence-electron chi connectivity index (χ2n) is 6.19. The van der Waals surface area contributed by atoms with Gasteiger partial charge in [-0.2, -0.15) is 0 Å². The van der Waals surface area contributed by atoms with Crippen LogP contribution < -0.4 is 10.6 Å². The van der Waals surface area contributed by atoms with Crippen LogP contribution in [-0.4, -0.2) is 81.1 Å². The van der Waals surface area contributed by atoms with Crippen molar-refractivity contribution < 1.29 is 13.2 Å². The van der Waals surface area contributed by atoms with Crippen molar-refractivity contribution >= 4 is 45.9 Å². The van der Waals surface area contributed by atoms with Gasteiger partial charge in [0.2, 0.25) is 15.9 Å². The number of hydrogen-bond donors (Lipinski definition) is 2. The van der Waals surface area contributed by atoms with E-state index in [1.54, 1.807) is 0 Å². The number of carbonyl (C=O) groups is 1. The maximum Gasteiger partial charge on any atom is 0.222 e. The molecule has 0 radical (unpaired) electrons. The molecule has 26 heavy (non-hydrogen) atoms. The van der Waals surface area contributed by atoms with Crippen molar-refractivity contribution in [3.63, 3.8) is 0 Å². The van der Waals surface area contributed by atoms with Crippen LogP contribution in [0.2, 0.25) is 0 Å². The summed E-state index contributed by atoms with van der Waals surface area (Å²) in [6.07, 6.45) is 3.35. The van der Waals surface area contributed by atoms with E-state index in [9.17, 15) is 13.2 Å². The first kappa shape index (κ1) is 25.4. The molecule has 8 nitrogen and oxygen atoms in total. The van der Waals surface area contributed by atoms with Gasteiger partial charge < -0.3 is 15.5 Å². The lowest BCUT2D eigenvalue weighted by Gasteiger charge is -2.19. The van der Waals surface area contributed by atoms with Crippen LogP contribution in [-0.2, 0) is 14.8 Å². The summed E-state index contributed by atoms with van der Waals surface area (Å²) in [6.45, 7) is 9.45. The Balaban J connectivity index is 0.00000625. The predicted octanol–water partition coefficient (Wildman–Crippen LogP) is 0.842. The van der Waals surface area contributed by atoms with Gasteiger partial charge in [-0.15, -0.1) is 24.0 Å². The van der Waals surface area contributed by atoms with E-state index in [0.29, 0.717) is 39.0 Å².